The van der Waals surface area contributed by atoms with E-state index in [1.54, 1.807) is 20.2 Å². The van der Waals surface area contributed by atoms with Gasteiger partial charge < -0.3 is 10.6 Å². The van der Waals surface area contributed by atoms with Crippen LogP contribution in [0, 0.1) is 0 Å². The number of urea groups is 1. The van der Waals surface area contributed by atoms with Crippen LogP contribution >= 0.6 is 0 Å². The SMILES string of the molecule is C=CC.CNC(=O)NC. The van der Waals surface area contributed by atoms with E-state index < -0.39 is 0 Å². The number of amides is 2. The molecule has 3 heteroatoms. The molecular weight excluding hydrogens is 116 g/mol. The molecule has 0 aromatic carbocycles. The smallest absolute Gasteiger partial charge is 0.314 e. The summed E-state index contributed by atoms with van der Waals surface area (Å²) in [5.41, 5.74) is 0. The Balaban J connectivity index is 0. The van der Waals surface area contributed by atoms with Crippen molar-refractivity contribution in [2.75, 3.05) is 14.1 Å². The van der Waals surface area contributed by atoms with Crippen LogP contribution in [-0.2, 0) is 0 Å². The van der Waals surface area contributed by atoms with Crippen LogP contribution in [0.4, 0.5) is 4.79 Å². The van der Waals surface area contributed by atoms with Gasteiger partial charge in [0.2, 0.25) is 0 Å². The molecule has 0 saturated heterocycles. The lowest BCUT2D eigenvalue weighted by Gasteiger charge is -1.91. The summed E-state index contributed by atoms with van der Waals surface area (Å²) in [6.45, 7) is 5.25. The van der Waals surface area contributed by atoms with E-state index in [1.165, 1.54) is 0 Å². The topological polar surface area (TPSA) is 41.1 Å². The molecule has 0 rings (SSSR count). The van der Waals surface area contributed by atoms with E-state index in [0.717, 1.165) is 0 Å². The molecule has 0 heterocycles. The van der Waals surface area contributed by atoms with E-state index in [1.807, 2.05) is 6.92 Å². The van der Waals surface area contributed by atoms with Crippen LogP contribution in [0.1, 0.15) is 6.92 Å². The maximum absolute atomic E-state index is 9.96. The van der Waals surface area contributed by atoms with Crippen LogP contribution in [0.3, 0.4) is 0 Å². The van der Waals surface area contributed by atoms with Gasteiger partial charge in [0.05, 0.1) is 0 Å². The molecular formula is C6H14N2O. The van der Waals surface area contributed by atoms with E-state index in [-0.39, 0.29) is 6.03 Å². The molecule has 0 aromatic heterocycles. The van der Waals surface area contributed by atoms with Crippen molar-refractivity contribution in [2.24, 2.45) is 0 Å². The summed E-state index contributed by atoms with van der Waals surface area (Å²) < 4.78 is 0. The van der Waals surface area contributed by atoms with Crippen molar-refractivity contribution in [3.05, 3.63) is 12.7 Å². The summed E-state index contributed by atoms with van der Waals surface area (Å²) in [6.07, 6.45) is 1.75. The third-order valence-corrected chi connectivity index (χ3v) is 0.454. The fourth-order valence-corrected chi connectivity index (χ4v) is 0.125. The molecule has 0 spiro atoms. The first-order valence-electron chi connectivity index (χ1n) is 2.69. The van der Waals surface area contributed by atoms with Gasteiger partial charge in [-0.15, -0.1) is 6.58 Å². The quantitative estimate of drug-likeness (QED) is 0.466. The number of rotatable bonds is 0. The van der Waals surface area contributed by atoms with Crippen molar-refractivity contribution in [1.82, 2.24) is 10.6 Å². The average molecular weight is 130 g/mol. The Bertz CT molecular complexity index is 75.1. The summed E-state index contributed by atoms with van der Waals surface area (Å²) in [6, 6.07) is -0.157. The third kappa shape index (κ3) is 19.4. The zero-order valence-electron chi connectivity index (χ0n) is 6.19. The Kier molecular flexibility index (Phi) is 12.2. The second-order valence-electron chi connectivity index (χ2n) is 1.24. The zero-order chi connectivity index (χ0) is 7.70. The second kappa shape index (κ2) is 10.1. The molecule has 0 atom stereocenters. The van der Waals surface area contributed by atoms with Crippen LogP contribution in [-0.4, -0.2) is 20.1 Å². The van der Waals surface area contributed by atoms with Gasteiger partial charge in [-0.1, -0.05) is 6.08 Å². The van der Waals surface area contributed by atoms with Crippen molar-refractivity contribution in [2.45, 2.75) is 6.92 Å². The van der Waals surface area contributed by atoms with Crippen LogP contribution in [0.25, 0.3) is 0 Å². The minimum Gasteiger partial charge on any atom is -0.341 e. The van der Waals surface area contributed by atoms with E-state index in [2.05, 4.69) is 17.2 Å². The molecule has 0 aliphatic rings. The molecule has 0 aromatic rings. The first-order valence-corrected chi connectivity index (χ1v) is 2.69. The van der Waals surface area contributed by atoms with Crippen LogP contribution in [0.5, 0.6) is 0 Å². The molecule has 54 valence electrons. The van der Waals surface area contributed by atoms with Gasteiger partial charge in [0.25, 0.3) is 0 Å². The summed E-state index contributed by atoms with van der Waals surface area (Å²) in [5, 5.41) is 4.73. The van der Waals surface area contributed by atoms with E-state index >= 15 is 0 Å². The molecule has 3 nitrogen and oxygen atoms in total. The van der Waals surface area contributed by atoms with Crippen molar-refractivity contribution >= 4 is 6.03 Å². The highest BCUT2D eigenvalue weighted by Crippen LogP contribution is 1.48. The standard InChI is InChI=1S/C3H8N2O.C3H6/c1-4-3(6)5-2;1-3-2/h1-2H3,(H2,4,5,6);3H,1H2,2H3. The normalized spacial score (nSPS) is 6.11. The first-order chi connectivity index (χ1) is 4.22. The minimum atomic E-state index is -0.157. The van der Waals surface area contributed by atoms with Gasteiger partial charge in [-0.2, -0.15) is 0 Å². The Morgan fingerprint density at radius 1 is 1.44 bits per heavy atom. The lowest BCUT2D eigenvalue weighted by atomic mass is 10.8. The van der Waals surface area contributed by atoms with E-state index in [0.29, 0.717) is 0 Å². The maximum Gasteiger partial charge on any atom is 0.314 e. The summed E-state index contributed by atoms with van der Waals surface area (Å²) >= 11 is 0. The predicted molar refractivity (Wildman–Crippen MR) is 39.4 cm³/mol. The van der Waals surface area contributed by atoms with E-state index in [4.69, 9.17) is 0 Å². The fraction of sp³-hybridized carbons (Fsp3) is 0.500. The number of carbonyl (C=O) groups is 1. The number of allylic oxidation sites excluding steroid dienone is 1. The Morgan fingerprint density at radius 2 is 1.67 bits per heavy atom. The van der Waals surface area contributed by atoms with Crippen LogP contribution in [0.2, 0.25) is 0 Å². The predicted octanol–water partition coefficient (Wildman–Crippen LogP) is 0.737. The van der Waals surface area contributed by atoms with Crippen molar-refractivity contribution in [1.29, 1.82) is 0 Å². The Labute approximate surface area is 56.1 Å². The van der Waals surface area contributed by atoms with Gasteiger partial charge in [-0.3, -0.25) is 0 Å². The molecule has 2 N–H and O–H groups in total. The molecule has 0 bridgehead atoms. The molecule has 0 aliphatic heterocycles. The maximum atomic E-state index is 9.96. The van der Waals surface area contributed by atoms with Gasteiger partial charge in [0, 0.05) is 14.1 Å². The van der Waals surface area contributed by atoms with E-state index in [9.17, 15) is 4.79 Å². The van der Waals surface area contributed by atoms with Crippen LogP contribution < -0.4 is 10.6 Å². The Hall–Kier alpha value is -0.990. The second-order valence-corrected chi connectivity index (χ2v) is 1.24. The number of carbonyl (C=O) groups excluding carboxylic acids is 1. The van der Waals surface area contributed by atoms with Crippen LogP contribution in [0.15, 0.2) is 12.7 Å². The molecule has 0 saturated carbocycles. The summed E-state index contributed by atoms with van der Waals surface area (Å²) in [7, 11) is 3.14. The van der Waals surface area contributed by atoms with Gasteiger partial charge in [-0.05, 0) is 6.92 Å². The highest BCUT2D eigenvalue weighted by molar-refractivity contribution is 5.72. The molecule has 0 fully saturated rings. The minimum absolute atomic E-state index is 0.157. The fourth-order valence-electron chi connectivity index (χ4n) is 0.125. The molecule has 0 unspecified atom stereocenters. The van der Waals surface area contributed by atoms with Gasteiger partial charge >= 0.3 is 6.03 Å². The number of hydrogen-bond donors (Lipinski definition) is 2. The monoisotopic (exact) mass is 130 g/mol. The third-order valence-electron chi connectivity index (χ3n) is 0.454. The lowest BCUT2D eigenvalue weighted by Crippen LogP contribution is -2.28. The van der Waals surface area contributed by atoms with Gasteiger partial charge in [0.1, 0.15) is 0 Å². The van der Waals surface area contributed by atoms with Gasteiger partial charge in [0.15, 0.2) is 0 Å². The van der Waals surface area contributed by atoms with Crippen molar-refractivity contribution < 1.29 is 4.79 Å². The van der Waals surface area contributed by atoms with Crippen molar-refractivity contribution in [3.63, 3.8) is 0 Å². The molecule has 0 radical (unpaired) electrons. The first kappa shape index (κ1) is 10.9. The highest BCUT2D eigenvalue weighted by Gasteiger charge is 1.81. The largest absolute Gasteiger partial charge is 0.341 e. The summed E-state index contributed by atoms with van der Waals surface area (Å²) in [4.78, 5) is 9.96. The highest BCUT2D eigenvalue weighted by atomic mass is 16.2. The lowest BCUT2D eigenvalue weighted by molar-refractivity contribution is 0.245. The molecule has 9 heavy (non-hydrogen) atoms. The number of hydrogen-bond acceptors (Lipinski definition) is 1. The number of nitrogens with one attached hydrogen (secondary N) is 2. The van der Waals surface area contributed by atoms with Crippen molar-refractivity contribution in [3.8, 4) is 0 Å². The summed E-state index contributed by atoms with van der Waals surface area (Å²) in [5.74, 6) is 0. The van der Waals surface area contributed by atoms with Gasteiger partial charge in [-0.25, -0.2) is 4.79 Å². The molecule has 0 aliphatic carbocycles. The zero-order valence-corrected chi connectivity index (χ0v) is 6.19. The Morgan fingerprint density at radius 3 is 1.67 bits per heavy atom. The average Bonchev–Trinajstić information content (AvgIpc) is 1.88. The molecule has 2 amide bonds.